The van der Waals surface area contributed by atoms with Crippen LogP contribution in [0.25, 0.3) is 0 Å². The molecule has 1 aromatic carbocycles. The highest BCUT2D eigenvalue weighted by Gasteiger charge is 2.14. The van der Waals surface area contributed by atoms with E-state index in [0.29, 0.717) is 5.56 Å². The molecule has 5 heteroatoms. The van der Waals surface area contributed by atoms with Crippen LogP contribution in [0.1, 0.15) is 16.8 Å². The van der Waals surface area contributed by atoms with Gasteiger partial charge in [-0.05, 0) is 61.2 Å². The zero-order valence-corrected chi connectivity index (χ0v) is 14.1. The molecule has 18 heavy (non-hydrogen) atoms. The van der Waals surface area contributed by atoms with Gasteiger partial charge in [0.15, 0.2) is 0 Å². The van der Waals surface area contributed by atoms with Crippen molar-refractivity contribution >= 4 is 37.8 Å². The van der Waals surface area contributed by atoms with Gasteiger partial charge in [-0.3, -0.25) is 4.79 Å². The van der Waals surface area contributed by atoms with Gasteiger partial charge in [0.05, 0.1) is 5.56 Å². The fraction of sp³-hybridized carbons (Fsp3) is 0.462. The van der Waals surface area contributed by atoms with Crippen molar-refractivity contribution in [2.45, 2.75) is 6.42 Å². The van der Waals surface area contributed by atoms with E-state index in [4.69, 9.17) is 0 Å². The Balaban J connectivity index is 2.65. The second kappa shape index (κ2) is 7.26. The standard InChI is InChI=1S/C13H18Br2N2O/c1-16(2)7-4-8-17(3)13(18)11-9-10(14)5-6-12(11)15/h5-6,9H,4,7-8H2,1-3H3. The molecule has 0 aliphatic carbocycles. The van der Waals surface area contributed by atoms with Gasteiger partial charge in [-0.1, -0.05) is 15.9 Å². The van der Waals surface area contributed by atoms with E-state index in [2.05, 4.69) is 36.8 Å². The summed E-state index contributed by atoms with van der Waals surface area (Å²) < 4.78 is 1.74. The molecule has 0 unspecified atom stereocenters. The van der Waals surface area contributed by atoms with Crippen molar-refractivity contribution in [2.75, 3.05) is 34.2 Å². The monoisotopic (exact) mass is 376 g/mol. The molecular weight excluding hydrogens is 360 g/mol. The molecule has 0 aliphatic heterocycles. The maximum atomic E-state index is 12.3. The zero-order valence-electron chi connectivity index (χ0n) is 10.9. The van der Waals surface area contributed by atoms with Gasteiger partial charge in [-0.2, -0.15) is 0 Å². The fourth-order valence-corrected chi connectivity index (χ4v) is 2.37. The second-order valence-electron chi connectivity index (χ2n) is 4.51. The topological polar surface area (TPSA) is 23.6 Å². The van der Waals surface area contributed by atoms with Crippen LogP contribution in [0.2, 0.25) is 0 Å². The van der Waals surface area contributed by atoms with Crippen molar-refractivity contribution < 1.29 is 4.79 Å². The third kappa shape index (κ3) is 4.71. The van der Waals surface area contributed by atoms with E-state index in [-0.39, 0.29) is 5.91 Å². The largest absolute Gasteiger partial charge is 0.342 e. The molecule has 0 spiro atoms. The molecule has 3 nitrogen and oxygen atoms in total. The first-order valence-corrected chi connectivity index (χ1v) is 7.35. The molecule has 1 amide bonds. The molecule has 1 rings (SSSR count). The van der Waals surface area contributed by atoms with E-state index in [1.54, 1.807) is 4.90 Å². The van der Waals surface area contributed by atoms with Gasteiger partial charge in [0.25, 0.3) is 5.91 Å². The Bertz CT molecular complexity index is 421. The maximum absolute atomic E-state index is 12.3. The third-order valence-electron chi connectivity index (χ3n) is 2.60. The van der Waals surface area contributed by atoms with E-state index >= 15 is 0 Å². The number of benzene rings is 1. The van der Waals surface area contributed by atoms with Crippen molar-refractivity contribution in [3.8, 4) is 0 Å². The van der Waals surface area contributed by atoms with Crippen LogP contribution in [0.5, 0.6) is 0 Å². The van der Waals surface area contributed by atoms with Crippen molar-refractivity contribution in [1.29, 1.82) is 0 Å². The Morgan fingerprint density at radius 2 is 1.83 bits per heavy atom. The molecule has 0 bridgehead atoms. The molecule has 0 N–H and O–H groups in total. The summed E-state index contributed by atoms with van der Waals surface area (Å²) in [4.78, 5) is 16.1. The SMILES string of the molecule is CN(C)CCCN(C)C(=O)c1cc(Br)ccc1Br. The molecule has 0 aliphatic rings. The molecule has 0 fully saturated rings. The van der Waals surface area contributed by atoms with Crippen LogP contribution >= 0.6 is 31.9 Å². The summed E-state index contributed by atoms with van der Waals surface area (Å²) in [5, 5.41) is 0. The fourth-order valence-electron chi connectivity index (χ4n) is 1.59. The van der Waals surface area contributed by atoms with Gasteiger partial charge in [0.2, 0.25) is 0 Å². The van der Waals surface area contributed by atoms with Gasteiger partial charge in [-0.25, -0.2) is 0 Å². The quantitative estimate of drug-likeness (QED) is 0.786. The van der Waals surface area contributed by atoms with Crippen LogP contribution < -0.4 is 0 Å². The molecular formula is C13H18Br2N2O. The summed E-state index contributed by atoms with van der Waals surface area (Å²) in [6.45, 7) is 1.74. The Hall–Kier alpha value is -0.390. The van der Waals surface area contributed by atoms with Crippen molar-refractivity contribution in [1.82, 2.24) is 9.80 Å². The van der Waals surface area contributed by atoms with Gasteiger partial charge < -0.3 is 9.80 Å². The number of nitrogens with zero attached hydrogens (tertiary/aromatic N) is 2. The van der Waals surface area contributed by atoms with Gasteiger partial charge >= 0.3 is 0 Å². The number of rotatable bonds is 5. The van der Waals surface area contributed by atoms with Crippen molar-refractivity contribution in [3.05, 3.63) is 32.7 Å². The number of hydrogen-bond acceptors (Lipinski definition) is 2. The number of carbonyl (C=O) groups is 1. The molecule has 0 saturated carbocycles. The van der Waals surface area contributed by atoms with E-state index < -0.39 is 0 Å². The Labute approximate surface area is 125 Å². The first kappa shape index (κ1) is 15.7. The smallest absolute Gasteiger partial charge is 0.254 e. The Morgan fingerprint density at radius 3 is 2.44 bits per heavy atom. The minimum Gasteiger partial charge on any atom is -0.342 e. The molecule has 1 aromatic rings. The summed E-state index contributed by atoms with van der Waals surface area (Å²) in [7, 11) is 5.91. The lowest BCUT2D eigenvalue weighted by Gasteiger charge is -2.19. The zero-order chi connectivity index (χ0) is 13.7. The van der Waals surface area contributed by atoms with Crippen LogP contribution in [0, 0.1) is 0 Å². The molecule has 0 saturated heterocycles. The third-order valence-corrected chi connectivity index (χ3v) is 3.79. The van der Waals surface area contributed by atoms with E-state index in [1.807, 2.05) is 39.3 Å². The summed E-state index contributed by atoms with van der Waals surface area (Å²) in [6, 6.07) is 5.63. The number of amides is 1. The van der Waals surface area contributed by atoms with Crippen LogP contribution in [-0.2, 0) is 0 Å². The summed E-state index contributed by atoms with van der Waals surface area (Å²) in [5.41, 5.74) is 0.691. The Kier molecular flexibility index (Phi) is 6.32. The van der Waals surface area contributed by atoms with Gasteiger partial charge in [0.1, 0.15) is 0 Å². The van der Waals surface area contributed by atoms with Crippen LogP contribution in [0.4, 0.5) is 0 Å². The number of hydrogen-bond donors (Lipinski definition) is 0. The number of carbonyl (C=O) groups excluding carboxylic acids is 1. The normalized spacial score (nSPS) is 10.8. The molecule has 100 valence electrons. The summed E-state index contributed by atoms with van der Waals surface area (Å²) in [6.07, 6.45) is 0.973. The molecule has 0 aromatic heterocycles. The Morgan fingerprint density at radius 1 is 1.17 bits per heavy atom. The average Bonchev–Trinajstić information content (AvgIpc) is 2.30. The lowest BCUT2D eigenvalue weighted by molar-refractivity contribution is 0.0789. The van der Waals surface area contributed by atoms with Crippen molar-refractivity contribution in [3.63, 3.8) is 0 Å². The predicted molar refractivity (Wildman–Crippen MR) is 82.0 cm³/mol. The minimum absolute atomic E-state index is 0.0435. The van der Waals surface area contributed by atoms with Crippen LogP contribution in [0.15, 0.2) is 27.1 Å². The molecule has 0 radical (unpaired) electrons. The predicted octanol–water partition coefficient (Wildman–Crippen LogP) is 3.24. The first-order chi connectivity index (χ1) is 8.41. The van der Waals surface area contributed by atoms with Crippen LogP contribution in [-0.4, -0.2) is 49.9 Å². The highest BCUT2D eigenvalue weighted by molar-refractivity contribution is 9.11. The van der Waals surface area contributed by atoms with E-state index in [1.165, 1.54) is 0 Å². The van der Waals surface area contributed by atoms with Crippen LogP contribution in [0.3, 0.4) is 0 Å². The first-order valence-electron chi connectivity index (χ1n) is 5.77. The summed E-state index contributed by atoms with van der Waals surface area (Å²) >= 11 is 6.80. The summed E-state index contributed by atoms with van der Waals surface area (Å²) in [5.74, 6) is 0.0435. The number of halogens is 2. The lowest BCUT2D eigenvalue weighted by atomic mass is 10.2. The molecule has 0 heterocycles. The van der Waals surface area contributed by atoms with Gasteiger partial charge in [-0.15, -0.1) is 0 Å². The highest BCUT2D eigenvalue weighted by atomic mass is 79.9. The second-order valence-corrected chi connectivity index (χ2v) is 6.28. The van der Waals surface area contributed by atoms with Crippen molar-refractivity contribution in [2.24, 2.45) is 0 Å². The van der Waals surface area contributed by atoms with E-state index in [0.717, 1.165) is 28.5 Å². The molecule has 0 atom stereocenters. The average molecular weight is 378 g/mol. The van der Waals surface area contributed by atoms with Gasteiger partial charge in [0, 0.05) is 22.5 Å². The maximum Gasteiger partial charge on any atom is 0.254 e. The lowest BCUT2D eigenvalue weighted by Crippen LogP contribution is -2.30. The van der Waals surface area contributed by atoms with E-state index in [9.17, 15) is 4.79 Å². The minimum atomic E-state index is 0.0435. The highest BCUT2D eigenvalue weighted by Crippen LogP contribution is 2.22.